The van der Waals surface area contributed by atoms with Gasteiger partial charge in [-0.25, -0.2) is 8.78 Å². The number of nitrogens with zero attached hydrogens (tertiary/aromatic N) is 2. The largest absolute Gasteiger partial charge is 0.328 e. The molecule has 0 unspecified atom stereocenters. The van der Waals surface area contributed by atoms with Crippen molar-refractivity contribution in [2.75, 3.05) is 0 Å². The average Bonchev–Trinajstić information content (AvgIpc) is 2.47. The molecule has 0 saturated carbocycles. The van der Waals surface area contributed by atoms with E-state index in [0.29, 0.717) is 22.2 Å². The van der Waals surface area contributed by atoms with Gasteiger partial charge in [0.2, 0.25) is 0 Å². The minimum absolute atomic E-state index is 0.159. The summed E-state index contributed by atoms with van der Waals surface area (Å²) in [6.07, 6.45) is 4.19. The van der Waals surface area contributed by atoms with Gasteiger partial charge in [0.1, 0.15) is 0 Å². The number of rotatable bonds is 2. The first kappa shape index (κ1) is 13.4. The first-order valence-corrected chi connectivity index (χ1v) is 6.28. The van der Waals surface area contributed by atoms with Crippen molar-refractivity contribution in [1.29, 1.82) is 0 Å². The van der Waals surface area contributed by atoms with E-state index in [1.54, 1.807) is 18.3 Å². The van der Waals surface area contributed by atoms with E-state index in [-0.39, 0.29) is 11.1 Å². The van der Waals surface area contributed by atoms with Crippen molar-refractivity contribution in [2.45, 2.75) is 12.8 Å². The lowest BCUT2D eigenvalue weighted by molar-refractivity contribution is 0.0171. The fourth-order valence-electron chi connectivity index (χ4n) is 2.10. The van der Waals surface area contributed by atoms with Crippen LogP contribution in [0.5, 0.6) is 0 Å². The molecule has 0 bridgehead atoms. The molecule has 0 atom stereocenters. The highest BCUT2D eigenvalue weighted by Crippen LogP contribution is 2.28. The number of pyridine rings is 3. The Labute approximate surface area is 118 Å². The van der Waals surface area contributed by atoms with Gasteiger partial charge in [-0.3, -0.25) is 14.8 Å². The van der Waals surface area contributed by atoms with Crippen LogP contribution in [0.4, 0.5) is 8.78 Å². The third kappa shape index (κ3) is 2.40. The molecule has 21 heavy (non-hydrogen) atoms. The molecule has 0 aromatic carbocycles. The number of fused-ring (bicyclic) bond motifs is 1. The van der Waals surface area contributed by atoms with Crippen molar-refractivity contribution in [2.24, 2.45) is 0 Å². The Balaban J connectivity index is 2.17. The molecule has 0 aliphatic rings. The summed E-state index contributed by atoms with van der Waals surface area (Å²) in [5, 5.41) is 0.432. The van der Waals surface area contributed by atoms with Gasteiger partial charge in [0.05, 0.1) is 16.6 Å². The maximum absolute atomic E-state index is 13.2. The van der Waals surface area contributed by atoms with Crippen molar-refractivity contribution in [3.8, 4) is 11.3 Å². The summed E-state index contributed by atoms with van der Waals surface area (Å²) in [6, 6.07) is 6.13. The van der Waals surface area contributed by atoms with Crippen molar-refractivity contribution in [1.82, 2.24) is 15.0 Å². The van der Waals surface area contributed by atoms with Crippen molar-refractivity contribution in [3.05, 3.63) is 58.8 Å². The van der Waals surface area contributed by atoms with E-state index in [4.69, 9.17) is 0 Å². The zero-order valence-corrected chi connectivity index (χ0v) is 11.1. The van der Waals surface area contributed by atoms with E-state index in [0.717, 1.165) is 13.1 Å². The zero-order chi connectivity index (χ0) is 15.0. The van der Waals surface area contributed by atoms with Crippen LogP contribution in [0.1, 0.15) is 12.5 Å². The summed E-state index contributed by atoms with van der Waals surface area (Å²) < 4.78 is 26.4. The van der Waals surface area contributed by atoms with Gasteiger partial charge in [0.15, 0.2) is 0 Å². The van der Waals surface area contributed by atoms with Crippen LogP contribution in [0, 0.1) is 0 Å². The highest BCUT2D eigenvalue weighted by atomic mass is 19.3. The quantitative estimate of drug-likeness (QED) is 0.788. The van der Waals surface area contributed by atoms with Gasteiger partial charge in [0, 0.05) is 36.6 Å². The molecule has 1 N–H and O–H groups in total. The zero-order valence-electron chi connectivity index (χ0n) is 11.1. The topological polar surface area (TPSA) is 58.6 Å². The van der Waals surface area contributed by atoms with Crippen LogP contribution in [-0.4, -0.2) is 15.0 Å². The maximum Gasteiger partial charge on any atom is 0.272 e. The van der Waals surface area contributed by atoms with Gasteiger partial charge < -0.3 is 4.98 Å². The first-order chi connectivity index (χ1) is 9.97. The van der Waals surface area contributed by atoms with Gasteiger partial charge >= 0.3 is 0 Å². The van der Waals surface area contributed by atoms with E-state index < -0.39 is 5.92 Å². The number of hydrogen-bond donors (Lipinski definition) is 1. The molecule has 0 spiro atoms. The molecule has 3 rings (SSSR count). The molecule has 3 aromatic heterocycles. The van der Waals surface area contributed by atoms with Gasteiger partial charge in [-0.15, -0.1) is 0 Å². The van der Waals surface area contributed by atoms with Crippen LogP contribution < -0.4 is 5.56 Å². The highest BCUT2D eigenvalue weighted by molar-refractivity contribution is 5.91. The maximum atomic E-state index is 13.2. The monoisotopic (exact) mass is 287 g/mol. The Hall–Kier alpha value is -2.63. The Bertz CT molecular complexity index is 851. The van der Waals surface area contributed by atoms with Gasteiger partial charge in [0.25, 0.3) is 11.5 Å². The molecule has 3 aromatic rings. The first-order valence-electron chi connectivity index (χ1n) is 6.28. The lowest BCUT2D eigenvalue weighted by Gasteiger charge is -2.10. The smallest absolute Gasteiger partial charge is 0.272 e. The summed E-state index contributed by atoms with van der Waals surface area (Å²) in [6.45, 7) is 0.820. The molecule has 0 radical (unpaired) electrons. The number of aromatic nitrogens is 3. The van der Waals surface area contributed by atoms with Crippen molar-refractivity contribution >= 4 is 10.9 Å². The second-order valence-electron chi connectivity index (χ2n) is 4.75. The van der Waals surface area contributed by atoms with Crippen LogP contribution in [0.25, 0.3) is 22.2 Å². The fraction of sp³-hybridized carbons (Fsp3) is 0.133. The third-order valence-electron chi connectivity index (χ3n) is 3.20. The standard InChI is InChI=1S/C15H11F2N3O/c1-15(16,17)9-4-5-12(19-7-9)11-8-20-14(21)10-3-2-6-18-13(10)11/h2-8H,1H3,(H,20,21). The molecule has 0 aliphatic heterocycles. The van der Waals surface area contributed by atoms with Crippen LogP contribution in [0.2, 0.25) is 0 Å². The second-order valence-corrected chi connectivity index (χ2v) is 4.75. The summed E-state index contributed by atoms with van der Waals surface area (Å²) in [4.78, 5) is 22.6. The van der Waals surface area contributed by atoms with E-state index in [1.165, 1.54) is 18.3 Å². The van der Waals surface area contributed by atoms with Crippen molar-refractivity contribution in [3.63, 3.8) is 0 Å². The Morgan fingerprint density at radius 2 is 2.00 bits per heavy atom. The van der Waals surface area contributed by atoms with E-state index in [1.807, 2.05) is 0 Å². The molecule has 0 fully saturated rings. The lowest BCUT2D eigenvalue weighted by atomic mass is 10.1. The van der Waals surface area contributed by atoms with E-state index >= 15 is 0 Å². The van der Waals surface area contributed by atoms with Crippen LogP contribution in [0.3, 0.4) is 0 Å². The number of alkyl halides is 2. The number of H-pyrrole nitrogens is 1. The molecular formula is C15H11F2N3O. The van der Waals surface area contributed by atoms with E-state index in [9.17, 15) is 13.6 Å². The summed E-state index contributed by atoms with van der Waals surface area (Å²) in [5.74, 6) is -2.93. The normalized spacial score (nSPS) is 11.8. The van der Waals surface area contributed by atoms with Gasteiger partial charge in [-0.2, -0.15) is 0 Å². The molecular weight excluding hydrogens is 276 g/mol. The molecule has 0 aliphatic carbocycles. The molecule has 0 saturated heterocycles. The van der Waals surface area contributed by atoms with Crippen LogP contribution in [0.15, 0.2) is 47.7 Å². The number of halogens is 2. The Morgan fingerprint density at radius 3 is 2.67 bits per heavy atom. The summed E-state index contributed by atoms with van der Waals surface area (Å²) in [5.41, 5.74) is 1.15. The SMILES string of the molecule is CC(F)(F)c1ccc(-c2c[nH]c(=O)c3cccnc23)nc1. The number of hydrogen-bond acceptors (Lipinski definition) is 3. The Morgan fingerprint density at radius 1 is 1.19 bits per heavy atom. The molecule has 3 heterocycles. The predicted octanol–water partition coefficient (Wildman–Crippen LogP) is 3.10. The number of nitrogens with one attached hydrogen (secondary N) is 1. The third-order valence-corrected chi connectivity index (χ3v) is 3.20. The van der Waals surface area contributed by atoms with Gasteiger partial charge in [-0.1, -0.05) is 0 Å². The molecule has 0 amide bonds. The molecule has 106 valence electrons. The number of aromatic amines is 1. The fourth-order valence-corrected chi connectivity index (χ4v) is 2.10. The second kappa shape index (κ2) is 4.73. The lowest BCUT2D eigenvalue weighted by Crippen LogP contribution is -2.08. The molecule has 6 heteroatoms. The van der Waals surface area contributed by atoms with Gasteiger partial charge in [-0.05, 0) is 24.3 Å². The van der Waals surface area contributed by atoms with E-state index in [2.05, 4.69) is 15.0 Å². The highest BCUT2D eigenvalue weighted by Gasteiger charge is 2.24. The summed E-state index contributed by atoms with van der Waals surface area (Å²) >= 11 is 0. The minimum Gasteiger partial charge on any atom is -0.328 e. The minimum atomic E-state index is -2.93. The van der Waals surface area contributed by atoms with Crippen LogP contribution in [-0.2, 0) is 5.92 Å². The van der Waals surface area contributed by atoms with Crippen LogP contribution >= 0.6 is 0 Å². The predicted molar refractivity (Wildman–Crippen MR) is 75.2 cm³/mol. The van der Waals surface area contributed by atoms with Crippen molar-refractivity contribution < 1.29 is 8.78 Å². The molecule has 4 nitrogen and oxygen atoms in total. The Kier molecular flexibility index (Phi) is 3.01. The summed E-state index contributed by atoms with van der Waals surface area (Å²) in [7, 11) is 0. The average molecular weight is 287 g/mol.